The van der Waals surface area contributed by atoms with E-state index in [1.807, 2.05) is 6.92 Å². The number of aryl methyl sites for hydroxylation is 3. The molecule has 0 spiro atoms. The molecule has 1 aliphatic rings. The van der Waals surface area contributed by atoms with Crippen molar-refractivity contribution in [3.63, 3.8) is 0 Å². The summed E-state index contributed by atoms with van der Waals surface area (Å²) in [6.45, 7) is 9.02. The first-order chi connectivity index (χ1) is 8.37. The van der Waals surface area contributed by atoms with Gasteiger partial charge in [0.15, 0.2) is 0 Å². The Labute approximate surface area is 110 Å². The van der Waals surface area contributed by atoms with E-state index in [2.05, 4.69) is 38.2 Å². The maximum atomic E-state index is 10.5. The van der Waals surface area contributed by atoms with Crippen LogP contribution in [0.15, 0.2) is 12.1 Å². The predicted octanol–water partition coefficient (Wildman–Crippen LogP) is 2.66. The lowest BCUT2D eigenvalue weighted by molar-refractivity contribution is 0.0594. The SMILES string of the molecule is Cc1cc(C)c(CC(C)(O)CNC2CC2)c(C)c1. The van der Waals surface area contributed by atoms with E-state index < -0.39 is 5.60 Å². The Kier molecular flexibility index (Phi) is 3.79. The third-order valence-electron chi connectivity index (χ3n) is 3.75. The van der Waals surface area contributed by atoms with E-state index in [9.17, 15) is 5.11 Å². The zero-order valence-corrected chi connectivity index (χ0v) is 12.0. The maximum Gasteiger partial charge on any atom is 0.0783 e. The highest BCUT2D eigenvalue weighted by atomic mass is 16.3. The van der Waals surface area contributed by atoms with Gasteiger partial charge in [-0.15, -0.1) is 0 Å². The molecule has 2 rings (SSSR count). The molecule has 1 aliphatic carbocycles. The van der Waals surface area contributed by atoms with Crippen molar-refractivity contribution in [3.05, 3.63) is 34.4 Å². The van der Waals surface area contributed by atoms with Crippen LogP contribution in [0.2, 0.25) is 0 Å². The quantitative estimate of drug-likeness (QED) is 0.838. The number of rotatable bonds is 5. The minimum absolute atomic E-state index is 0.650. The summed E-state index contributed by atoms with van der Waals surface area (Å²) in [7, 11) is 0. The Morgan fingerprint density at radius 1 is 1.22 bits per heavy atom. The molecule has 18 heavy (non-hydrogen) atoms. The molecule has 100 valence electrons. The van der Waals surface area contributed by atoms with Gasteiger partial charge in [0.25, 0.3) is 0 Å². The van der Waals surface area contributed by atoms with Crippen LogP contribution in [0, 0.1) is 20.8 Å². The fourth-order valence-electron chi connectivity index (χ4n) is 2.58. The first-order valence-electron chi connectivity index (χ1n) is 6.90. The van der Waals surface area contributed by atoms with Crippen molar-refractivity contribution >= 4 is 0 Å². The minimum Gasteiger partial charge on any atom is -0.389 e. The van der Waals surface area contributed by atoms with Gasteiger partial charge in [-0.2, -0.15) is 0 Å². The van der Waals surface area contributed by atoms with Crippen molar-refractivity contribution in [2.75, 3.05) is 6.54 Å². The fourth-order valence-corrected chi connectivity index (χ4v) is 2.58. The molecule has 0 amide bonds. The van der Waals surface area contributed by atoms with E-state index in [0.29, 0.717) is 12.6 Å². The van der Waals surface area contributed by atoms with Gasteiger partial charge in [-0.25, -0.2) is 0 Å². The highest BCUT2D eigenvalue weighted by molar-refractivity contribution is 5.38. The molecule has 0 bridgehead atoms. The van der Waals surface area contributed by atoms with Crippen LogP contribution in [0.4, 0.5) is 0 Å². The van der Waals surface area contributed by atoms with Crippen molar-refractivity contribution in [3.8, 4) is 0 Å². The van der Waals surface area contributed by atoms with Crippen molar-refractivity contribution in [2.45, 2.75) is 58.6 Å². The lowest BCUT2D eigenvalue weighted by atomic mass is 9.89. The van der Waals surface area contributed by atoms with Gasteiger partial charge in [0, 0.05) is 19.0 Å². The normalized spacial score (nSPS) is 18.7. The molecule has 2 heteroatoms. The van der Waals surface area contributed by atoms with Crippen LogP contribution >= 0.6 is 0 Å². The number of hydrogen-bond acceptors (Lipinski definition) is 2. The molecule has 1 aromatic carbocycles. The van der Waals surface area contributed by atoms with Gasteiger partial charge in [0.1, 0.15) is 0 Å². The van der Waals surface area contributed by atoms with E-state index in [1.165, 1.54) is 35.1 Å². The lowest BCUT2D eigenvalue weighted by Crippen LogP contribution is -2.40. The van der Waals surface area contributed by atoms with Crippen molar-refractivity contribution in [2.24, 2.45) is 0 Å². The summed E-state index contributed by atoms with van der Waals surface area (Å²) in [6.07, 6.45) is 3.25. The summed E-state index contributed by atoms with van der Waals surface area (Å²) >= 11 is 0. The van der Waals surface area contributed by atoms with Gasteiger partial charge in [-0.05, 0) is 57.2 Å². The summed E-state index contributed by atoms with van der Waals surface area (Å²) in [5.41, 5.74) is 4.51. The van der Waals surface area contributed by atoms with Crippen LogP contribution in [-0.4, -0.2) is 23.3 Å². The molecule has 0 radical (unpaired) electrons. The Bertz CT molecular complexity index is 410. The van der Waals surface area contributed by atoms with E-state index >= 15 is 0 Å². The van der Waals surface area contributed by atoms with Crippen molar-refractivity contribution < 1.29 is 5.11 Å². The molecule has 1 unspecified atom stereocenters. The van der Waals surface area contributed by atoms with Gasteiger partial charge in [0.2, 0.25) is 0 Å². The molecular weight excluding hydrogens is 222 g/mol. The zero-order chi connectivity index (χ0) is 13.3. The molecular formula is C16H25NO. The second kappa shape index (κ2) is 5.02. The molecule has 2 nitrogen and oxygen atoms in total. The monoisotopic (exact) mass is 247 g/mol. The standard InChI is InChI=1S/C16H25NO/c1-11-7-12(2)15(13(3)8-11)9-16(4,18)10-17-14-5-6-14/h7-8,14,17-18H,5-6,9-10H2,1-4H3. The molecule has 0 aliphatic heterocycles. The van der Waals surface area contributed by atoms with E-state index in [0.717, 1.165) is 6.42 Å². The molecule has 1 aromatic rings. The molecule has 1 atom stereocenters. The molecule has 1 fully saturated rings. The zero-order valence-electron chi connectivity index (χ0n) is 12.0. The van der Waals surface area contributed by atoms with E-state index in [-0.39, 0.29) is 0 Å². The van der Waals surface area contributed by atoms with Crippen molar-refractivity contribution in [1.82, 2.24) is 5.32 Å². The summed E-state index contributed by atoms with van der Waals surface area (Å²) in [4.78, 5) is 0. The summed E-state index contributed by atoms with van der Waals surface area (Å²) < 4.78 is 0. The lowest BCUT2D eigenvalue weighted by Gasteiger charge is -2.26. The molecule has 1 saturated carbocycles. The average molecular weight is 247 g/mol. The van der Waals surface area contributed by atoms with Gasteiger partial charge in [0.05, 0.1) is 5.60 Å². The maximum absolute atomic E-state index is 10.5. The Hall–Kier alpha value is -0.860. The summed E-state index contributed by atoms with van der Waals surface area (Å²) in [5.74, 6) is 0. The second-order valence-electron chi connectivity index (χ2n) is 6.21. The first-order valence-corrected chi connectivity index (χ1v) is 6.90. The number of aliphatic hydroxyl groups is 1. The van der Waals surface area contributed by atoms with Crippen LogP contribution in [-0.2, 0) is 6.42 Å². The highest BCUT2D eigenvalue weighted by Gasteiger charge is 2.27. The number of nitrogens with one attached hydrogen (secondary N) is 1. The Morgan fingerprint density at radius 3 is 2.28 bits per heavy atom. The fraction of sp³-hybridized carbons (Fsp3) is 0.625. The predicted molar refractivity (Wildman–Crippen MR) is 76.0 cm³/mol. The van der Waals surface area contributed by atoms with Crippen molar-refractivity contribution in [1.29, 1.82) is 0 Å². The van der Waals surface area contributed by atoms with Gasteiger partial charge in [-0.1, -0.05) is 17.7 Å². The Morgan fingerprint density at radius 2 is 1.78 bits per heavy atom. The topological polar surface area (TPSA) is 32.3 Å². The Balaban J connectivity index is 2.06. The van der Waals surface area contributed by atoms with Crippen LogP contribution in [0.1, 0.15) is 42.0 Å². The van der Waals surface area contributed by atoms with E-state index in [4.69, 9.17) is 0 Å². The third-order valence-corrected chi connectivity index (χ3v) is 3.75. The number of benzene rings is 1. The first kappa shape index (κ1) is 13.6. The van der Waals surface area contributed by atoms with Gasteiger partial charge >= 0.3 is 0 Å². The van der Waals surface area contributed by atoms with Crippen LogP contribution in [0.5, 0.6) is 0 Å². The number of hydrogen-bond donors (Lipinski definition) is 2. The smallest absolute Gasteiger partial charge is 0.0783 e. The van der Waals surface area contributed by atoms with Crippen LogP contribution < -0.4 is 5.32 Å². The van der Waals surface area contributed by atoms with E-state index in [1.54, 1.807) is 0 Å². The second-order valence-corrected chi connectivity index (χ2v) is 6.21. The highest BCUT2D eigenvalue weighted by Crippen LogP contribution is 2.23. The average Bonchev–Trinajstić information content (AvgIpc) is 3.04. The molecule has 0 saturated heterocycles. The third kappa shape index (κ3) is 3.56. The summed E-state index contributed by atoms with van der Waals surface area (Å²) in [6, 6.07) is 5.05. The molecule has 0 heterocycles. The molecule has 0 aromatic heterocycles. The van der Waals surface area contributed by atoms with Gasteiger partial charge in [-0.3, -0.25) is 0 Å². The molecule has 2 N–H and O–H groups in total. The van der Waals surface area contributed by atoms with Gasteiger partial charge < -0.3 is 10.4 Å². The largest absolute Gasteiger partial charge is 0.389 e. The minimum atomic E-state index is -0.659. The van der Waals surface area contributed by atoms with Crippen LogP contribution in [0.25, 0.3) is 0 Å². The van der Waals surface area contributed by atoms with Crippen LogP contribution in [0.3, 0.4) is 0 Å². The summed E-state index contributed by atoms with van der Waals surface area (Å²) in [5, 5.41) is 13.9.